The minimum absolute atomic E-state index is 0.295. The van der Waals surface area contributed by atoms with Gasteiger partial charge < -0.3 is 15.4 Å². The Morgan fingerprint density at radius 3 is 3.12 bits per heavy atom. The van der Waals surface area contributed by atoms with E-state index in [0.717, 1.165) is 19.6 Å². The second-order valence-electron chi connectivity index (χ2n) is 4.70. The predicted octanol–water partition coefficient (Wildman–Crippen LogP) is 2.21. The molecule has 1 heterocycles. The number of anilines is 1. The summed E-state index contributed by atoms with van der Waals surface area (Å²) < 4.78 is 5.20. The Kier molecular flexibility index (Phi) is 4.40. The highest BCUT2D eigenvalue weighted by Crippen LogP contribution is 2.32. The van der Waals surface area contributed by atoms with Gasteiger partial charge in [-0.25, -0.2) is 0 Å². The van der Waals surface area contributed by atoms with E-state index in [1.54, 1.807) is 7.11 Å². The van der Waals surface area contributed by atoms with Gasteiger partial charge in [0, 0.05) is 31.8 Å². The van der Waals surface area contributed by atoms with E-state index in [9.17, 15) is 0 Å². The summed E-state index contributed by atoms with van der Waals surface area (Å²) in [7, 11) is 1.75. The van der Waals surface area contributed by atoms with Gasteiger partial charge >= 0.3 is 0 Å². The molecule has 0 bridgehead atoms. The minimum atomic E-state index is 0.295. The highest BCUT2D eigenvalue weighted by atomic mass is 16.5. The number of nitrogens with one attached hydrogen (secondary N) is 2. The molecule has 0 saturated heterocycles. The molecular formula is C14H22N2O. The number of ether oxygens (including phenoxy) is 1. The van der Waals surface area contributed by atoms with E-state index < -0.39 is 0 Å². The first-order valence-electron chi connectivity index (χ1n) is 6.37. The van der Waals surface area contributed by atoms with Crippen molar-refractivity contribution in [2.24, 2.45) is 0 Å². The molecule has 1 aromatic rings. The molecule has 2 atom stereocenters. The lowest BCUT2D eigenvalue weighted by Crippen LogP contribution is -2.27. The van der Waals surface area contributed by atoms with Crippen molar-refractivity contribution < 1.29 is 4.74 Å². The van der Waals surface area contributed by atoms with Gasteiger partial charge in [0.15, 0.2) is 0 Å². The van der Waals surface area contributed by atoms with Crippen molar-refractivity contribution in [3.05, 3.63) is 29.8 Å². The normalized spacial score (nSPS) is 19.8. The molecule has 0 radical (unpaired) electrons. The Balaban J connectivity index is 1.75. The molecule has 0 aliphatic carbocycles. The van der Waals surface area contributed by atoms with Crippen LogP contribution in [0.5, 0.6) is 0 Å². The van der Waals surface area contributed by atoms with Crippen molar-refractivity contribution in [1.82, 2.24) is 5.32 Å². The van der Waals surface area contributed by atoms with E-state index in [0.29, 0.717) is 12.0 Å². The van der Waals surface area contributed by atoms with Crippen LogP contribution in [0, 0.1) is 0 Å². The maximum absolute atomic E-state index is 5.20. The van der Waals surface area contributed by atoms with Crippen LogP contribution in [0.4, 0.5) is 5.69 Å². The minimum Gasteiger partial charge on any atom is -0.384 e. The van der Waals surface area contributed by atoms with E-state index >= 15 is 0 Å². The van der Waals surface area contributed by atoms with Gasteiger partial charge in [-0.3, -0.25) is 0 Å². The second-order valence-corrected chi connectivity index (χ2v) is 4.70. The van der Waals surface area contributed by atoms with Gasteiger partial charge in [0.25, 0.3) is 0 Å². The summed E-state index contributed by atoms with van der Waals surface area (Å²) in [5.41, 5.74) is 2.77. The number of methoxy groups -OCH3 is 1. The zero-order valence-corrected chi connectivity index (χ0v) is 10.7. The van der Waals surface area contributed by atoms with Crippen LogP contribution in [0.3, 0.4) is 0 Å². The van der Waals surface area contributed by atoms with Gasteiger partial charge in [-0.1, -0.05) is 18.2 Å². The van der Waals surface area contributed by atoms with Crippen LogP contribution >= 0.6 is 0 Å². The molecule has 2 unspecified atom stereocenters. The van der Waals surface area contributed by atoms with E-state index in [1.807, 2.05) is 0 Å². The molecule has 2 N–H and O–H groups in total. The molecular weight excluding hydrogens is 212 g/mol. The third kappa shape index (κ3) is 3.20. The SMILES string of the molecule is COC(C)CNCCC1CNc2ccccc21. The Labute approximate surface area is 104 Å². The van der Waals surface area contributed by atoms with Crippen molar-refractivity contribution in [2.45, 2.75) is 25.4 Å². The number of fused-ring (bicyclic) bond motifs is 1. The van der Waals surface area contributed by atoms with Crippen molar-refractivity contribution in [1.29, 1.82) is 0 Å². The molecule has 3 heteroatoms. The van der Waals surface area contributed by atoms with Crippen LogP contribution in [0.2, 0.25) is 0 Å². The zero-order chi connectivity index (χ0) is 12.1. The first-order chi connectivity index (χ1) is 8.31. The summed E-state index contributed by atoms with van der Waals surface area (Å²) in [6, 6.07) is 8.61. The fraction of sp³-hybridized carbons (Fsp3) is 0.571. The van der Waals surface area contributed by atoms with Crippen LogP contribution in [-0.2, 0) is 4.74 Å². The quantitative estimate of drug-likeness (QED) is 0.740. The Bertz CT molecular complexity index is 354. The summed E-state index contributed by atoms with van der Waals surface area (Å²) in [5, 5.41) is 6.90. The van der Waals surface area contributed by atoms with Gasteiger partial charge in [0.1, 0.15) is 0 Å². The third-order valence-corrected chi connectivity index (χ3v) is 3.44. The maximum atomic E-state index is 5.20. The molecule has 1 aliphatic heterocycles. The molecule has 17 heavy (non-hydrogen) atoms. The Morgan fingerprint density at radius 2 is 2.29 bits per heavy atom. The first-order valence-corrected chi connectivity index (χ1v) is 6.37. The maximum Gasteiger partial charge on any atom is 0.0667 e. The smallest absolute Gasteiger partial charge is 0.0667 e. The number of hydrogen-bond donors (Lipinski definition) is 2. The topological polar surface area (TPSA) is 33.3 Å². The molecule has 0 saturated carbocycles. The highest BCUT2D eigenvalue weighted by molar-refractivity contribution is 5.57. The molecule has 0 amide bonds. The Hall–Kier alpha value is -1.06. The third-order valence-electron chi connectivity index (χ3n) is 3.44. The zero-order valence-electron chi connectivity index (χ0n) is 10.7. The van der Waals surface area contributed by atoms with Crippen molar-refractivity contribution in [3.63, 3.8) is 0 Å². The van der Waals surface area contributed by atoms with Crippen LogP contribution in [0.25, 0.3) is 0 Å². The van der Waals surface area contributed by atoms with Crippen LogP contribution in [0.1, 0.15) is 24.8 Å². The summed E-state index contributed by atoms with van der Waals surface area (Å²) in [6.45, 7) is 5.13. The average molecular weight is 234 g/mol. The molecule has 1 aliphatic rings. The summed E-state index contributed by atoms with van der Waals surface area (Å²) in [6.07, 6.45) is 1.48. The fourth-order valence-electron chi connectivity index (χ4n) is 2.28. The number of para-hydroxylation sites is 1. The van der Waals surface area contributed by atoms with E-state index in [-0.39, 0.29) is 0 Å². The Morgan fingerprint density at radius 1 is 1.47 bits per heavy atom. The van der Waals surface area contributed by atoms with E-state index in [2.05, 4.69) is 41.8 Å². The fourth-order valence-corrected chi connectivity index (χ4v) is 2.28. The lowest BCUT2D eigenvalue weighted by molar-refractivity contribution is 0.117. The number of benzene rings is 1. The molecule has 94 valence electrons. The average Bonchev–Trinajstić information content (AvgIpc) is 2.78. The van der Waals surface area contributed by atoms with E-state index in [4.69, 9.17) is 4.74 Å². The summed E-state index contributed by atoms with van der Waals surface area (Å²) >= 11 is 0. The lowest BCUT2D eigenvalue weighted by Gasteiger charge is -2.13. The molecule has 0 spiro atoms. The summed E-state index contributed by atoms with van der Waals surface area (Å²) in [4.78, 5) is 0. The van der Waals surface area contributed by atoms with Crippen molar-refractivity contribution in [2.75, 3.05) is 32.1 Å². The van der Waals surface area contributed by atoms with Gasteiger partial charge in [0.05, 0.1) is 6.10 Å². The molecule has 0 aromatic heterocycles. The van der Waals surface area contributed by atoms with Crippen LogP contribution in [-0.4, -0.2) is 32.8 Å². The second kappa shape index (κ2) is 6.03. The largest absolute Gasteiger partial charge is 0.384 e. The first kappa shape index (κ1) is 12.4. The van der Waals surface area contributed by atoms with Gasteiger partial charge in [-0.05, 0) is 31.5 Å². The predicted molar refractivity (Wildman–Crippen MR) is 71.6 cm³/mol. The molecule has 2 rings (SSSR count). The molecule has 1 aromatic carbocycles. The lowest BCUT2D eigenvalue weighted by atomic mass is 9.98. The number of hydrogen-bond acceptors (Lipinski definition) is 3. The molecule has 3 nitrogen and oxygen atoms in total. The number of rotatable bonds is 6. The van der Waals surface area contributed by atoms with Crippen molar-refractivity contribution >= 4 is 5.69 Å². The van der Waals surface area contributed by atoms with E-state index in [1.165, 1.54) is 17.7 Å². The van der Waals surface area contributed by atoms with Crippen molar-refractivity contribution in [3.8, 4) is 0 Å². The van der Waals surface area contributed by atoms with Gasteiger partial charge in [-0.15, -0.1) is 0 Å². The highest BCUT2D eigenvalue weighted by Gasteiger charge is 2.20. The van der Waals surface area contributed by atoms with Crippen LogP contribution < -0.4 is 10.6 Å². The van der Waals surface area contributed by atoms with Crippen LogP contribution in [0.15, 0.2) is 24.3 Å². The monoisotopic (exact) mass is 234 g/mol. The van der Waals surface area contributed by atoms with Gasteiger partial charge in [0.2, 0.25) is 0 Å². The summed E-state index contributed by atoms with van der Waals surface area (Å²) in [5.74, 6) is 0.650. The van der Waals surface area contributed by atoms with Gasteiger partial charge in [-0.2, -0.15) is 0 Å². The standard InChI is InChI=1S/C14H22N2O/c1-11(17-2)9-15-8-7-12-10-16-14-6-4-3-5-13(12)14/h3-6,11-12,15-16H,7-10H2,1-2H3. The molecule has 0 fully saturated rings.